The summed E-state index contributed by atoms with van der Waals surface area (Å²) in [4.78, 5) is 33.7. The number of nitrogens with one attached hydrogen (secondary N) is 4. The molecule has 2 heterocycles. The van der Waals surface area contributed by atoms with E-state index in [2.05, 4.69) is 31.2 Å². The molecule has 2 bridgehead atoms. The van der Waals surface area contributed by atoms with Gasteiger partial charge in [0.15, 0.2) is 0 Å². The van der Waals surface area contributed by atoms with Crippen molar-refractivity contribution in [1.29, 1.82) is 0 Å². The summed E-state index contributed by atoms with van der Waals surface area (Å²) < 4.78 is 13.1. The Morgan fingerprint density at radius 3 is 2.48 bits per heavy atom. The number of nitrogens with zero attached hydrogens (tertiary/aromatic N) is 2. The minimum Gasteiger partial charge on any atom is -0.369 e. The maximum absolute atomic E-state index is 13.1. The van der Waals surface area contributed by atoms with E-state index in [1.165, 1.54) is 18.3 Å². The summed E-state index contributed by atoms with van der Waals surface area (Å²) in [6.07, 6.45) is 6.54. The predicted molar refractivity (Wildman–Crippen MR) is 125 cm³/mol. The van der Waals surface area contributed by atoms with Gasteiger partial charge < -0.3 is 27.0 Å². The SMILES string of the molecule is N[C@H]1CCCNc2nc(ncc2C(=O)NCc2ccc(F)cc2)NCCCCCCNC1=O. The first-order chi connectivity index (χ1) is 16.0. The van der Waals surface area contributed by atoms with Crippen LogP contribution in [0, 0.1) is 5.82 Å². The monoisotopic (exact) mass is 457 g/mol. The first-order valence-electron chi connectivity index (χ1n) is 11.4. The van der Waals surface area contributed by atoms with Gasteiger partial charge in [-0.05, 0) is 43.4 Å². The number of nitrogens with two attached hydrogens (primary N) is 1. The number of hydrogen-bond acceptors (Lipinski definition) is 7. The van der Waals surface area contributed by atoms with Crippen LogP contribution in [0.5, 0.6) is 0 Å². The fourth-order valence-corrected chi connectivity index (χ4v) is 3.45. The summed E-state index contributed by atoms with van der Waals surface area (Å²) in [5.41, 5.74) is 7.08. The number of carbonyl (C=O) groups excluding carboxylic acids is 2. The topological polar surface area (TPSA) is 134 Å². The van der Waals surface area contributed by atoms with Gasteiger partial charge in [-0.1, -0.05) is 25.0 Å². The fraction of sp³-hybridized carbons (Fsp3) is 0.478. The van der Waals surface area contributed by atoms with Crippen LogP contribution in [-0.4, -0.2) is 47.5 Å². The molecule has 33 heavy (non-hydrogen) atoms. The molecule has 0 spiro atoms. The van der Waals surface area contributed by atoms with Gasteiger partial charge in [-0.15, -0.1) is 0 Å². The molecule has 2 aromatic rings. The number of rotatable bonds is 3. The van der Waals surface area contributed by atoms with Gasteiger partial charge in [0.25, 0.3) is 5.91 Å². The molecule has 3 rings (SSSR count). The molecule has 0 unspecified atom stereocenters. The second-order valence-corrected chi connectivity index (χ2v) is 8.07. The van der Waals surface area contributed by atoms with Crippen LogP contribution in [0.3, 0.4) is 0 Å². The van der Waals surface area contributed by atoms with Gasteiger partial charge in [-0.25, -0.2) is 9.37 Å². The molecule has 1 aromatic carbocycles. The van der Waals surface area contributed by atoms with Gasteiger partial charge in [0.2, 0.25) is 11.9 Å². The second-order valence-electron chi connectivity index (χ2n) is 8.07. The number of hydrogen-bond donors (Lipinski definition) is 5. The number of amides is 2. The molecule has 0 saturated heterocycles. The minimum atomic E-state index is -0.566. The van der Waals surface area contributed by atoms with Crippen LogP contribution in [0.4, 0.5) is 16.2 Å². The fourth-order valence-electron chi connectivity index (χ4n) is 3.45. The van der Waals surface area contributed by atoms with Gasteiger partial charge in [-0.3, -0.25) is 9.59 Å². The van der Waals surface area contributed by atoms with Crippen molar-refractivity contribution in [1.82, 2.24) is 20.6 Å². The standard InChI is InChI=1S/C23H32FN7O2/c24-17-9-7-16(8-10-17)14-29-21(32)18-15-30-23-28-12-4-2-1-3-11-27-22(33)19(25)6-5-13-26-20(18)31-23/h7-10,15,19H,1-6,11-14,25H2,(H,27,33)(H,29,32)(H2,26,28,30,31)/t19-/m0/s1. The molecule has 10 heteroatoms. The van der Waals surface area contributed by atoms with E-state index in [1.54, 1.807) is 12.1 Å². The van der Waals surface area contributed by atoms with Crippen LogP contribution in [0.15, 0.2) is 30.5 Å². The highest BCUT2D eigenvalue weighted by molar-refractivity contribution is 5.98. The van der Waals surface area contributed by atoms with Gasteiger partial charge in [0.1, 0.15) is 17.2 Å². The van der Waals surface area contributed by atoms with E-state index in [0.29, 0.717) is 49.8 Å². The van der Waals surface area contributed by atoms with Crippen LogP contribution in [-0.2, 0) is 11.3 Å². The maximum Gasteiger partial charge on any atom is 0.256 e. The Morgan fingerprint density at radius 2 is 1.73 bits per heavy atom. The van der Waals surface area contributed by atoms with Crippen molar-refractivity contribution in [3.8, 4) is 0 Å². The summed E-state index contributed by atoms with van der Waals surface area (Å²) >= 11 is 0. The number of anilines is 2. The third-order valence-electron chi connectivity index (χ3n) is 5.41. The number of fused-ring (bicyclic) bond motifs is 2. The summed E-state index contributed by atoms with van der Waals surface area (Å²) in [6, 6.07) is 5.38. The van der Waals surface area contributed by atoms with Crippen LogP contribution < -0.4 is 27.0 Å². The molecule has 0 fully saturated rings. The molecule has 6 N–H and O–H groups in total. The van der Waals surface area contributed by atoms with Gasteiger partial charge in [-0.2, -0.15) is 4.98 Å². The summed E-state index contributed by atoms with van der Waals surface area (Å²) in [5.74, 6) is 0.0604. The van der Waals surface area contributed by atoms with Gasteiger partial charge >= 0.3 is 0 Å². The van der Waals surface area contributed by atoms with Crippen LogP contribution >= 0.6 is 0 Å². The normalized spacial score (nSPS) is 18.2. The molecule has 178 valence electrons. The Balaban J connectivity index is 1.67. The zero-order valence-corrected chi connectivity index (χ0v) is 18.7. The van der Waals surface area contributed by atoms with E-state index in [-0.39, 0.29) is 24.2 Å². The third kappa shape index (κ3) is 7.98. The summed E-state index contributed by atoms with van der Waals surface area (Å²) in [6.45, 7) is 2.10. The number of benzene rings is 1. The largest absolute Gasteiger partial charge is 0.369 e. The van der Waals surface area contributed by atoms with Crippen molar-refractivity contribution in [2.24, 2.45) is 5.73 Å². The molecule has 0 radical (unpaired) electrons. The average Bonchev–Trinajstić information content (AvgIpc) is 2.82. The molecule has 0 saturated carbocycles. The van der Waals surface area contributed by atoms with Crippen LogP contribution in [0.1, 0.15) is 54.4 Å². The highest BCUT2D eigenvalue weighted by Gasteiger charge is 2.16. The molecule has 1 aliphatic heterocycles. The van der Waals surface area contributed by atoms with Gasteiger partial charge in [0, 0.05) is 32.4 Å². The molecule has 0 aliphatic carbocycles. The highest BCUT2D eigenvalue weighted by atomic mass is 19.1. The zero-order valence-electron chi connectivity index (χ0n) is 18.7. The summed E-state index contributed by atoms with van der Waals surface area (Å²) in [5, 5.41) is 12.1. The Morgan fingerprint density at radius 1 is 1.03 bits per heavy atom. The molecule has 9 nitrogen and oxygen atoms in total. The lowest BCUT2D eigenvalue weighted by Gasteiger charge is -2.14. The van der Waals surface area contributed by atoms with Crippen molar-refractivity contribution < 1.29 is 14.0 Å². The molecule has 1 aliphatic rings. The quantitative estimate of drug-likeness (QED) is 0.477. The number of carbonyl (C=O) groups is 2. The van der Waals surface area contributed by atoms with Crippen molar-refractivity contribution in [3.63, 3.8) is 0 Å². The van der Waals surface area contributed by atoms with E-state index in [1.807, 2.05) is 0 Å². The highest BCUT2D eigenvalue weighted by Crippen LogP contribution is 2.15. The zero-order chi connectivity index (χ0) is 23.5. The lowest BCUT2D eigenvalue weighted by Crippen LogP contribution is -2.41. The molecule has 1 atom stereocenters. The Bertz CT molecular complexity index is 924. The molecule has 1 aromatic heterocycles. The van der Waals surface area contributed by atoms with E-state index < -0.39 is 6.04 Å². The lowest BCUT2D eigenvalue weighted by molar-refractivity contribution is -0.122. The molecular formula is C23H32FN7O2. The predicted octanol–water partition coefficient (Wildman–Crippen LogP) is 2.17. The first kappa shape index (κ1) is 24.4. The van der Waals surface area contributed by atoms with E-state index >= 15 is 0 Å². The number of halogens is 1. The van der Waals surface area contributed by atoms with E-state index in [9.17, 15) is 14.0 Å². The Hall–Kier alpha value is -3.27. The van der Waals surface area contributed by atoms with E-state index in [4.69, 9.17) is 5.73 Å². The Kier molecular flexibility index (Phi) is 9.37. The summed E-state index contributed by atoms with van der Waals surface area (Å²) in [7, 11) is 0. The van der Waals surface area contributed by atoms with Crippen LogP contribution in [0.2, 0.25) is 0 Å². The van der Waals surface area contributed by atoms with Crippen molar-refractivity contribution in [3.05, 3.63) is 47.4 Å². The van der Waals surface area contributed by atoms with Crippen molar-refractivity contribution >= 4 is 23.6 Å². The third-order valence-corrected chi connectivity index (χ3v) is 5.41. The second kappa shape index (κ2) is 12.7. The lowest BCUT2D eigenvalue weighted by atomic mass is 10.1. The minimum absolute atomic E-state index is 0.133. The Labute approximate surface area is 193 Å². The maximum atomic E-state index is 13.1. The van der Waals surface area contributed by atoms with Gasteiger partial charge in [0.05, 0.1) is 6.04 Å². The first-order valence-corrected chi connectivity index (χ1v) is 11.4. The van der Waals surface area contributed by atoms with Crippen molar-refractivity contribution in [2.45, 2.75) is 51.1 Å². The van der Waals surface area contributed by atoms with Crippen LogP contribution in [0.25, 0.3) is 0 Å². The van der Waals surface area contributed by atoms with Crippen molar-refractivity contribution in [2.75, 3.05) is 30.3 Å². The number of aromatic nitrogens is 2. The smallest absolute Gasteiger partial charge is 0.256 e. The van der Waals surface area contributed by atoms with E-state index in [0.717, 1.165) is 31.2 Å². The molecular weight excluding hydrogens is 425 g/mol. The molecule has 2 amide bonds. The average molecular weight is 458 g/mol.